The summed E-state index contributed by atoms with van der Waals surface area (Å²) in [5, 5.41) is 3.42. The van der Waals surface area contributed by atoms with Gasteiger partial charge in [0.2, 0.25) is 5.91 Å². The van der Waals surface area contributed by atoms with Crippen LogP contribution in [-0.2, 0) is 11.3 Å². The fraction of sp³-hybridized carbons (Fsp3) is 0.625. The van der Waals surface area contributed by atoms with Gasteiger partial charge in [-0.15, -0.1) is 12.4 Å². The SMILES string of the molecule is CSC(C)C(=O)N(Cc1ccccn1)C1CCCNCC1.Cl. The van der Waals surface area contributed by atoms with Gasteiger partial charge in [-0.25, -0.2) is 0 Å². The number of thioether (sulfide) groups is 1. The van der Waals surface area contributed by atoms with Gasteiger partial charge >= 0.3 is 0 Å². The lowest BCUT2D eigenvalue weighted by molar-refractivity contribution is -0.133. The molecule has 0 spiro atoms. The third-order valence-electron chi connectivity index (χ3n) is 4.03. The topological polar surface area (TPSA) is 45.2 Å². The molecule has 1 fully saturated rings. The van der Waals surface area contributed by atoms with Gasteiger partial charge in [0.1, 0.15) is 0 Å². The standard InChI is InChI=1S/C16H25N3OS.ClH/c1-13(21-2)16(20)19(12-14-6-3-4-10-18-14)15-7-5-9-17-11-8-15;/h3-4,6,10,13,15,17H,5,7-9,11-12H2,1-2H3;1H. The number of hydrogen-bond donors (Lipinski definition) is 1. The van der Waals surface area contributed by atoms with Crippen molar-refractivity contribution in [3.8, 4) is 0 Å². The molecule has 1 amide bonds. The highest BCUT2D eigenvalue weighted by atomic mass is 35.5. The maximum atomic E-state index is 12.7. The third-order valence-corrected chi connectivity index (χ3v) is 4.94. The van der Waals surface area contributed by atoms with Crippen LogP contribution in [0.15, 0.2) is 24.4 Å². The van der Waals surface area contributed by atoms with Crippen LogP contribution in [0.25, 0.3) is 0 Å². The predicted octanol–water partition coefficient (Wildman–Crippen LogP) is 2.73. The molecule has 0 saturated carbocycles. The minimum atomic E-state index is 0. The zero-order valence-corrected chi connectivity index (χ0v) is 15.0. The molecule has 2 rings (SSSR count). The number of hydrogen-bond acceptors (Lipinski definition) is 4. The summed E-state index contributed by atoms with van der Waals surface area (Å²) < 4.78 is 0. The summed E-state index contributed by atoms with van der Waals surface area (Å²) in [4.78, 5) is 19.2. The van der Waals surface area contributed by atoms with Crippen molar-refractivity contribution in [2.75, 3.05) is 19.3 Å². The maximum absolute atomic E-state index is 12.7. The molecule has 1 aromatic heterocycles. The van der Waals surface area contributed by atoms with Gasteiger partial charge in [0.15, 0.2) is 0 Å². The highest BCUT2D eigenvalue weighted by Crippen LogP contribution is 2.20. The molecule has 0 bridgehead atoms. The van der Waals surface area contributed by atoms with E-state index in [2.05, 4.69) is 15.2 Å². The van der Waals surface area contributed by atoms with E-state index in [0.29, 0.717) is 12.6 Å². The first-order chi connectivity index (χ1) is 10.2. The van der Waals surface area contributed by atoms with Crippen molar-refractivity contribution in [1.82, 2.24) is 15.2 Å². The zero-order chi connectivity index (χ0) is 15.1. The number of aromatic nitrogens is 1. The molecular formula is C16H26ClN3OS. The van der Waals surface area contributed by atoms with Gasteiger partial charge in [0.05, 0.1) is 17.5 Å². The Hall–Kier alpha value is -0.780. The van der Waals surface area contributed by atoms with Crippen molar-refractivity contribution in [3.05, 3.63) is 30.1 Å². The lowest BCUT2D eigenvalue weighted by Crippen LogP contribution is -2.44. The Morgan fingerprint density at radius 3 is 2.95 bits per heavy atom. The number of carbonyl (C=O) groups is 1. The number of amides is 1. The van der Waals surface area contributed by atoms with E-state index >= 15 is 0 Å². The second-order valence-corrected chi connectivity index (χ2v) is 6.68. The molecule has 1 aromatic rings. The van der Waals surface area contributed by atoms with Gasteiger partial charge in [0.25, 0.3) is 0 Å². The van der Waals surface area contributed by atoms with E-state index in [1.54, 1.807) is 18.0 Å². The molecule has 1 aliphatic heterocycles. The smallest absolute Gasteiger partial charge is 0.235 e. The molecule has 0 aromatic carbocycles. The first kappa shape index (κ1) is 19.3. The minimum absolute atomic E-state index is 0. The summed E-state index contributed by atoms with van der Waals surface area (Å²) >= 11 is 1.61. The summed E-state index contributed by atoms with van der Waals surface area (Å²) in [5.41, 5.74) is 0.969. The summed E-state index contributed by atoms with van der Waals surface area (Å²) in [5.74, 6) is 0.236. The fourth-order valence-corrected chi connectivity index (χ4v) is 3.04. The first-order valence-corrected chi connectivity index (χ1v) is 8.95. The van der Waals surface area contributed by atoms with E-state index in [1.807, 2.05) is 31.4 Å². The second kappa shape index (κ2) is 10.1. The van der Waals surface area contributed by atoms with Crippen LogP contribution in [0.4, 0.5) is 0 Å². The molecular weight excluding hydrogens is 318 g/mol. The summed E-state index contributed by atoms with van der Waals surface area (Å²) in [7, 11) is 0. The Labute approximate surface area is 143 Å². The quantitative estimate of drug-likeness (QED) is 0.892. The third kappa shape index (κ3) is 5.45. The molecule has 2 atom stereocenters. The van der Waals surface area contributed by atoms with Crippen LogP contribution in [-0.4, -0.2) is 46.4 Å². The highest BCUT2D eigenvalue weighted by molar-refractivity contribution is 7.99. The molecule has 1 N–H and O–H groups in total. The Morgan fingerprint density at radius 2 is 2.27 bits per heavy atom. The van der Waals surface area contributed by atoms with Gasteiger partial charge in [0, 0.05) is 12.2 Å². The molecule has 0 aliphatic carbocycles. The van der Waals surface area contributed by atoms with E-state index < -0.39 is 0 Å². The molecule has 22 heavy (non-hydrogen) atoms. The number of nitrogens with zero attached hydrogens (tertiary/aromatic N) is 2. The molecule has 6 heteroatoms. The van der Waals surface area contributed by atoms with Gasteiger partial charge < -0.3 is 10.2 Å². The van der Waals surface area contributed by atoms with Crippen LogP contribution in [0.1, 0.15) is 31.9 Å². The molecule has 1 saturated heterocycles. The molecule has 124 valence electrons. The van der Waals surface area contributed by atoms with Gasteiger partial charge in [-0.1, -0.05) is 6.07 Å². The van der Waals surface area contributed by atoms with Gasteiger partial charge in [-0.3, -0.25) is 9.78 Å². The van der Waals surface area contributed by atoms with Crippen molar-refractivity contribution in [2.24, 2.45) is 0 Å². The van der Waals surface area contributed by atoms with E-state index in [0.717, 1.165) is 38.0 Å². The number of halogens is 1. The van der Waals surface area contributed by atoms with Crippen molar-refractivity contribution in [1.29, 1.82) is 0 Å². The average Bonchev–Trinajstić information content (AvgIpc) is 2.81. The number of carbonyl (C=O) groups excluding carboxylic acids is 1. The lowest BCUT2D eigenvalue weighted by atomic mass is 10.1. The Balaban J connectivity index is 0.00000242. The number of rotatable bonds is 5. The van der Waals surface area contributed by atoms with Crippen molar-refractivity contribution < 1.29 is 4.79 Å². The Bertz CT molecular complexity index is 438. The molecule has 4 nitrogen and oxygen atoms in total. The van der Waals surface area contributed by atoms with E-state index in [9.17, 15) is 4.79 Å². The molecule has 1 aliphatic rings. The van der Waals surface area contributed by atoms with Crippen molar-refractivity contribution in [2.45, 2.75) is 44.0 Å². The molecule has 2 unspecified atom stereocenters. The van der Waals surface area contributed by atoms with Crippen LogP contribution in [0.5, 0.6) is 0 Å². The van der Waals surface area contributed by atoms with Crippen LogP contribution >= 0.6 is 24.2 Å². The van der Waals surface area contributed by atoms with Gasteiger partial charge in [-0.2, -0.15) is 11.8 Å². The summed E-state index contributed by atoms with van der Waals surface area (Å²) in [6, 6.07) is 6.22. The largest absolute Gasteiger partial charge is 0.333 e. The van der Waals surface area contributed by atoms with E-state index in [1.165, 1.54) is 0 Å². The fourth-order valence-electron chi connectivity index (χ4n) is 2.70. The molecule has 2 heterocycles. The Kier molecular flexibility index (Phi) is 8.83. The van der Waals surface area contributed by atoms with Crippen LogP contribution in [0.3, 0.4) is 0 Å². The zero-order valence-electron chi connectivity index (χ0n) is 13.3. The van der Waals surface area contributed by atoms with E-state index in [-0.39, 0.29) is 23.6 Å². The monoisotopic (exact) mass is 343 g/mol. The predicted molar refractivity (Wildman–Crippen MR) is 95.5 cm³/mol. The van der Waals surface area contributed by atoms with Crippen LogP contribution < -0.4 is 5.32 Å². The highest BCUT2D eigenvalue weighted by Gasteiger charge is 2.27. The second-order valence-electron chi connectivity index (χ2n) is 5.50. The van der Waals surface area contributed by atoms with Crippen molar-refractivity contribution >= 4 is 30.1 Å². The summed E-state index contributed by atoms with van der Waals surface area (Å²) in [6.07, 6.45) is 7.03. The minimum Gasteiger partial charge on any atom is -0.333 e. The Morgan fingerprint density at radius 1 is 1.45 bits per heavy atom. The van der Waals surface area contributed by atoms with Gasteiger partial charge in [-0.05, 0) is 57.7 Å². The lowest BCUT2D eigenvalue weighted by Gasteiger charge is -2.32. The maximum Gasteiger partial charge on any atom is 0.235 e. The van der Waals surface area contributed by atoms with Crippen LogP contribution in [0, 0.1) is 0 Å². The van der Waals surface area contributed by atoms with Crippen LogP contribution in [0.2, 0.25) is 0 Å². The normalized spacial score (nSPS) is 19.6. The molecule has 0 radical (unpaired) electrons. The summed E-state index contributed by atoms with van der Waals surface area (Å²) in [6.45, 7) is 4.66. The number of nitrogens with one attached hydrogen (secondary N) is 1. The first-order valence-electron chi connectivity index (χ1n) is 7.66. The number of pyridine rings is 1. The van der Waals surface area contributed by atoms with Crippen molar-refractivity contribution in [3.63, 3.8) is 0 Å². The average molecular weight is 344 g/mol. The van der Waals surface area contributed by atoms with E-state index in [4.69, 9.17) is 0 Å².